The van der Waals surface area contributed by atoms with Crippen LogP contribution in [0.3, 0.4) is 0 Å². The van der Waals surface area contributed by atoms with Crippen molar-refractivity contribution in [3.05, 3.63) is 89.7 Å². The average Bonchev–Trinajstić information content (AvgIpc) is 2.88. The number of anilines is 1. The second-order valence-corrected chi connectivity index (χ2v) is 8.50. The number of fused-ring (bicyclic) bond motifs is 1. The van der Waals surface area contributed by atoms with Crippen molar-refractivity contribution in [2.75, 3.05) is 18.1 Å². The molecule has 1 amide bonds. The molecule has 5 rings (SSSR count). The summed E-state index contributed by atoms with van der Waals surface area (Å²) < 4.78 is 19.2. The van der Waals surface area contributed by atoms with Gasteiger partial charge in [-0.1, -0.05) is 23.7 Å². The average molecular weight is 484 g/mol. The van der Waals surface area contributed by atoms with Gasteiger partial charge in [-0.25, -0.2) is 9.37 Å². The number of amides is 1. The maximum Gasteiger partial charge on any atom is 0.265 e. The predicted octanol–water partition coefficient (Wildman–Crippen LogP) is 6.51. The Bertz CT molecular complexity index is 1380. The molecule has 1 aliphatic heterocycles. The monoisotopic (exact) mass is 483 g/mol. The smallest absolute Gasteiger partial charge is 0.265 e. The molecule has 172 valence electrons. The predicted molar refractivity (Wildman–Crippen MR) is 134 cm³/mol. The first-order chi connectivity index (χ1) is 17.0. The fraction of sp³-hybridized carbons (Fsp3) is 0.107. The van der Waals surface area contributed by atoms with Crippen molar-refractivity contribution in [2.45, 2.75) is 6.42 Å². The molecule has 0 unspecified atom stereocenters. The van der Waals surface area contributed by atoms with Crippen LogP contribution in [0.5, 0.6) is 5.75 Å². The maximum absolute atomic E-state index is 13.5. The molecule has 0 saturated carbocycles. The molecule has 0 bridgehead atoms. The molecule has 0 aliphatic carbocycles. The van der Waals surface area contributed by atoms with Gasteiger partial charge in [-0.2, -0.15) is 5.26 Å². The van der Waals surface area contributed by atoms with Gasteiger partial charge in [-0.05, 0) is 77.9 Å². The van der Waals surface area contributed by atoms with E-state index in [-0.39, 0.29) is 31.3 Å². The number of nitriles is 1. The molecule has 4 aromatic rings. The van der Waals surface area contributed by atoms with E-state index in [1.807, 2.05) is 54.6 Å². The molecular weight excluding hydrogens is 465 g/mol. The number of rotatable bonds is 5. The molecular formula is C28H19ClFN3O2. The minimum absolute atomic E-state index is 0.0587. The maximum atomic E-state index is 13.5. The molecule has 0 N–H and O–H groups in total. The van der Waals surface area contributed by atoms with Crippen molar-refractivity contribution in [3.63, 3.8) is 0 Å². The lowest BCUT2D eigenvalue weighted by Crippen LogP contribution is -2.39. The Morgan fingerprint density at radius 3 is 2.29 bits per heavy atom. The third-order valence-electron chi connectivity index (χ3n) is 5.79. The minimum atomic E-state index is -0.320. The van der Waals surface area contributed by atoms with Crippen LogP contribution in [-0.2, 0) is 4.79 Å². The Balaban J connectivity index is 1.64. The summed E-state index contributed by atoms with van der Waals surface area (Å²) in [7, 11) is 0. The molecule has 0 fully saturated rings. The molecule has 3 aromatic carbocycles. The van der Waals surface area contributed by atoms with Gasteiger partial charge >= 0.3 is 0 Å². The summed E-state index contributed by atoms with van der Waals surface area (Å²) in [6.45, 7) is 0.227. The van der Waals surface area contributed by atoms with Crippen LogP contribution in [-0.4, -0.2) is 24.0 Å². The number of carbonyl (C=O) groups is 1. The van der Waals surface area contributed by atoms with Gasteiger partial charge in [0.2, 0.25) is 0 Å². The van der Waals surface area contributed by atoms with Crippen molar-refractivity contribution in [2.24, 2.45) is 0 Å². The van der Waals surface area contributed by atoms with Crippen LogP contribution in [0, 0.1) is 17.1 Å². The van der Waals surface area contributed by atoms with Gasteiger partial charge in [-0.15, -0.1) is 0 Å². The van der Waals surface area contributed by atoms with Gasteiger partial charge in [0.05, 0.1) is 29.6 Å². The largest absolute Gasteiger partial charge is 0.482 e. The van der Waals surface area contributed by atoms with E-state index in [1.54, 1.807) is 17.0 Å². The molecule has 7 heteroatoms. The van der Waals surface area contributed by atoms with E-state index in [4.69, 9.17) is 26.6 Å². The van der Waals surface area contributed by atoms with Crippen LogP contribution in [0.15, 0.2) is 78.9 Å². The highest BCUT2D eigenvalue weighted by Gasteiger charge is 2.26. The Labute approximate surface area is 207 Å². The summed E-state index contributed by atoms with van der Waals surface area (Å²) in [6.07, 6.45) is 0.217. The van der Waals surface area contributed by atoms with Gasteiger partial charge in [0.25, 0.3) is 5.91 Å². The molecule has 5 nitrogen and oxygen atoms in total. The quantitative estimate of drug-likeness (QED) is 0.324. The third kappa shape index (κ3) is 4.72. The van der Waals surface area contributed by atoms with Crippen molar-refractivity contribution >= 4 is 23.2 Å². The summed E-state index contributed by atoms with van der Waals surface area (Å²) in [5.74, 6) is 0.0679. The molecule has 35 heavy (non-hydrogen) atoms. The fourth-order valence-electron chi connectivity index (χ4n) is 4.02. The van der Waals surface area contributed by atoms with Crippen LogP contribution in [0.25, 0.3) is 33.6 Å². The normalized spacial score (nSPS) is 12.6. The van der Waals surface area contributed by atoms with E-state index in [9.17, 15) is 9.18 Å². The molecule has 0 spiro atoms. The zero-order valence-electron chi connectivity index (χ0n) is 18.5. The van der Waals surface area contributed by atoms with E-state index in [0.29, 0.717) is 27.8 Å². The molecule has 0 atom stereocenters. The topological polar surface area (TPSA) is 66.2 Å². The number of benzene rings is 3. The molecule has 0 saturated heterocycles. The number of ether oxygens (including phenoxy) is 1. The van der Waals surface area contributed by atoms with Crippen LogP contribution >= 0.6 is 11.6 Å². The third-order valence-corrected chi connectivity index (χ3v) is 6.04. The van der Waals surface area contributed by atoms with E-state index < -0.39 is 0 Å². The van der Waals surface area contributed by atoms with Gasteiger partial charge < -0.3 is 9.64 Å². The SMILES string of the molecule is N#CCCN1C(=O)COc2ccc(-c3cc(-c4ccc(Cl)cc4)cc(-c4ccc(F)cc4)n3)cc21. The second-order valence-electron chi connectivity index (χ2n) is 8.06. The van der Waals surface area contributed by atoms with Crippen molar-refractivity contribution in [1.29, 1.82) is 5.26 Å². The fourth-order valence-corrected chi connectivity index (χ4v) is 4.15. The van der Waals surface area contributed by atoms with Crippen LogP contribution in [0.2, 0.25) is 5.02 Å². The highest BCUT2D eigenvalue weighted by molar-refractivity contribution is 6.30. The number of nitrogens with zero attached hydrogens (tertiary/aromatic N) is 3. The number of aromatic nitrogens is 1. The highest BCUT2D eigenvalue weighted by Crippen LogP contribution is 2.37. The minimum Gasteiger partial charge on any atom is -0.482 e. The van der Waals surface area contributed by atoms with Crippen LogP contribution in [0.4, 0.5) is 10.1 Å². The first-order valence-corrected chi connectivity index (χ1v) is 11.4. The highest BCUT2D eigenvalue weighted by atomic mass is 35.5. The number of pyridine rings is 1. The van der Waals surface area contributed by atoms with Crippen molar-refractivity contribution in [3.8, 4) is 45.5 Å². The summed E-state index contributed by atoms with van der Waals surface area (Å²) in [4.78, 5) is 18.9. The second kappa shape index (κ2) is 9.57. The number of halogens is 2. The van der Waals surface area contributed by atoms with Crippen molar-refractivity contribution < 1.29 is 13.9 Å². The number of carbonyl (C=O) groups excluding carboxylic acids is 1. The lowest BCUT2D eigenvalue weighted by atomic mass is 9.99. The van der Waals surface area contributed by atoms with Gasteiger partial charge in [-0.3, -0.25) is 4.79 Å². The number of hydrogen-bond acceptors (Lipinski definition) is 4. The number of hydrogen-bond donors (Lipinski definition) is 0. The Morgan fingerprint density at radius 2 is 1.57 bits per heavy atom. The summed E-state index contributed by atoms with van der Waals surface area (Å²) in [6, 6.07) is 25.2. The molecule has 1 aromatic heterocycles. The van der Waals surface area contributed by atoms with E-state index in [2.05, 4.69) is 6.07 Å². The Morgan fingerprint density at radius 1 is 0.914 bits per heavy atom. The summed E-state index contributed by atoms with van der Waals surface area (Å²) >= 11 is 6.09. The zero-order chi connectivity index (χ0) is 24.4. The molecule has 0 radical (unpaired) electrons. The van der Waals surface area contributed by atoms with E-state index >= 15 is 0 Å². The van der Waals surface area contributed by atoms with Crippen molar-refractivity contribution in [1.82, 2.24) is 4.98 Å². The Kier molecular flexibility index (Phi) is 6.17. The van der Waals surface area contributed by atoms with Gasteiger partial charge in [0, 0.05) is 22.7 Å². The Hall–Kier alpha value is -4.21. The van der Waals surface area contributed by atoms with Crippen LogP contribution < -0.4 is 9.64 Å². The summed E-state index contributed by atoms with van der Waals surface area (Å²) in [5, 5.41) is 9.65. The van der Waals surface area contributed by atoms with E-state index in [1.165, 1.54) is 12.1 Å². The zero-order valence-corrected chi connectivity index (χ0v) is 19.3. The first-order valence-electron chi connectivity index (χ1n) is 11.0. The van der Waals surface area contributed by atoms with Crippen LogP contribution in [0.1, 0.15) is 6.42 Å². The lowest BCUT2D eigenvalue weighted by Gasteiger charge is -2.29. The first kappa shape index (κ1) is 22.6. The molecule has 2 heterocycles. The van der Waals surface area contributed by atoms with E-state index in [0.717, 1.165) is 22.3 Å². The van der Waals surface area contributed by atoms with Gasteiger partial charge in [0.1, 0.15) is 11.6 Å². The summed E-state index contributed by atoms with van der Waals surface area (Å²) in [5.41, 5.74) is 5.39. The standard InChI is InChI=1S/C28H19ClFN3O2/c29-22-7-2-18(3-8-22)21-14-24(19-4-9-23(30)10-5-19)32-25(15-21)20-6-11-27-26(16-20)33(13-1-12-31)28(34)17-35-27/h2-11,14-16H,1,13,17H2. The lowest BCUT2D eigenvalue weighted by molar-refractivity contribution is -0.121. The molecule has 1 aliphatic rings. The van der Waals surface area contributed by atoms with Gasteiger partial charge in [0.15, 0.2) is 6.61 Å².